The molecule has 1 atom stereocenters. The van der Waals surface area contributed by atoms with E-state index in [4.69, 9.17) is 4.74 Å². The second kappa shape index (κ2) is 8.41. The van der Waals surface area contributed by atoms with Gasteiger partial charge in [-0.2, -0.15) is 0 Å². The highest BCUT2D eigenvalue weighted by Crippen LogP contribution is 2.32. The van der Waals surface area contributed by atoms with Gasteiger partial charge in [0.05, 0.1) is 17.9 Å². The third-order valence-corrected chi connectivity index (χ3v) is 6.00. The van der Waals surface area contributed by atoms with Crippen LogP contribution in [0, 0.1) is 0 Å². The number of carbonyl (C=O) groups is 1. The highest BCUT2D eigenvalue weighted by atomic mass is 32.2. The van der Waals surface area contributed by atoms with Crippen LogP contribution in [0.3, 0.4) is 0 Å². The van der Waals surface area contributed by atoms with Crippen molar-refractivity contribution in [2.45, 2.75) is 43.5 Å². The summed E-state index contributed by atoms with van der Waals surface area (Å²) in [5, 5.41) is 9.04. The number of ketones is 1. The van der Waals surface area contributed by atoms with Crippen molar-refractivity contribution < 1.29 is 9.53 Å². The fourth-order valence-electron chi connectivity index (χ4n) is 3.06. The molecule has 0 aliphatic rings. The third-order valence-electron chi connectivity index (χ3n) is 4.87. The van der Waals surface area contributed by atoms with Crippen molar-refractivity contribution in [1.29, 1.82) is 0 Å². The Kier molecular flexibility index (Phi) is 6.13. The van der Waals surface area contributed by atoms with E-state index in [9.17, 15) is 4.79 Å². The molecule has 0 amide bonds. The van der Waals surface area contributed by atoms with Crippen LogP contribution < -0.4 is 4.74 Å². The second-order valence-corrected chi connectivity index (χ2v) is 9.33. The van der Waals surface area contributed by atoms with Crippen molar-refractivity contribution >= 4 is 17.5 Å². The van der Waals surface area contributed by atoms with Gasteiger partial charge in [-0.25, -0.2) is 0 Å². The number of Topliss-reactive ketones (excluding diaryl/α,β-unsaturated/α-hetero) is 1. The monoisotopic (exact) mass is 409 g/mol. The first kappa shape index (κ1) is 21.1. The van der Waals surface area contributed by atoms with Gasteiger partial charge < -0.3 is 9.30 Å². The number of ether oxygens (including phenoxy) is 1. The van der Waals surface area contributed by atoms with Crippen molar-refractivity contribution in [2.75, 3.05) is 7.11 Å². The van der Waals surface area contributed by atoms with Crippen LogP contribution in [0.5, 0.6) is 5.75 Å². The minimum atomic E-state index is -0.274. The largest absolute Gasteiger partial charge is 0.496 e. The van der Waals surface area contributed by atoms with Crippen LogP contribution in [0.2, 0.25) is 0 Å². The number of hydrogen-bond acceptors (Lipinski definition) is 5. The van der Waals surface area contributed by atoms with Crippen LogP contribution in [0.25, 0.3) is 11.4 Å². The van der Waals surface area contributed by atoms with Crippen molar-refractivity contribution in [3.8, 4) is 17.1 Å². The molecular formula is C23H27N3O2S. The fraction of sp³-hybridized carbons (Fsp3) is 0.348. The molecular weight excluding hydrogens is 382 g/mol. The molecule has 152 valence electrons. The van der Waals surface area contributed by atoms with E-state index in [0.717, 1.165) is 11.3 Å². The molecule has 0 saturated carbocycles. The predicted octanol–water partition coefficient (Wildman–Crippen LogP) is 5.15. The highest BCUT2D eigenvalue weighted by molar-refractivity contribution is 8.00. The van der Waals surface area contributed by atoms with E-state index in [1.54, 1.807) is 7.11 Å². The number of hydrogen-bond donors (Lipinski definition) is 0. The van der Waals surface area contributed by atoms with E-state index < -0.39 is 0 Å². The van der Waals surface area contributed by atoms with Crippen LogP contribution in [-0.4, -0.2) is 32.9 Å². The first-order chi connectivity index (χ1) is 13.7. The van der Waals surface area contributed by atoms with E-state index in [-0.39, 0.29) is 16.4 Å². The van der Waals surface area contributed by atoms with Gasteiger partial charge >= 0.3 is 0 Å². The first-order valence-electron chi connectivity index (χ1n) is 9.56. The molecule has 1 aromatic heterocycles. The molecule has 0 spiro atoms. The van der Waals surface area contributed by atoms with Gasteiger partial charge in [-0.3, -0.25) is 4.79 Å². The summed E-state index contributed by atoms with van der Waals surface area (Å²) in [6.45, 7) is 8.39. The maximum Gasteiger partial charge on any atom is 0.191 e. The predicted molar refractivity (Wildman–Crippen MR) is 118 cm³/mol. The maximum absolute atomic E-state index is 12.9. The SMILES string of the molecule is COc1ccccc1-c1nnc(S[C@H](C)C(=O)c2ccc(C(C)(C)C)cc2)n1C. The van der Waals surface area contributed by atoms with Crippen molar-refractivity contribution in [3.63, 3.8) is 0 Å². The molecule has 0 bridgehead atoms. The van der Waals surface area contributed by atoms with Crippen molar-refractivity contribution in [1.82, 2.24) is 14.8 Å². The lowest BCUT2D eigenvalue weighted by Gasteiger charge is -2.19. The number of benzene rings is 2. The Morgan fingerprint density at radius 3 is 2.34 bits per heavy atom. The average Bonchev–Trinajstić information content (AvgIpc) is 3.06. The zero-order valence-corrected chi connectivity index (χ0v) is 18.6. The number of nitrogens with zero attached hydrogens (tertiary/aromatic N) is 3. The van der Waals surface area contributed by atoms with Crippen molar-refractivity contribution in [2.24, 2.45) is 7.05 Å². The smallest absolute Gasteiger partial charge is 0.191 e. The summed E-state index contributed by atoms with van der Waals surface area (Å²) in [6.07, 6.45) is 0. The van der Waals surface area contributed by atoms with Gasteiger partial charge in [0.1, 0.15) is 5.75 Å². The minimum Gasteiger partial charge on any atom is -0.496 e. The lowest BCUT2D eigenvalue weighted by atomic mass is 9.86. The summed E-state index contributed by atoms with van der Waals surface area (Å²) in [5.41, 5.74) is 2.86. The molecule has 0 aliphatic heterocycles. The fourth-order valence-corrected chi connectivity index (χ4v) is 3.95. The molecule has 0 N–H and O–H groups in total. The van der Waals surface area contributed by atoms with Crippen molar-refractivity contribution in [3.05, 3.63) is 59.7 Å². The van der Waals surface area contributed by atoms with E-state index in [0.29, 0.717) is 16.5 Å². The summed E-state index contributed by atoms with van der Waals surface area (Å²) in [5.74, 6) is 1.53. The van der Waals surface area contributed by atoms with Gasteiger partial charge in [-0.15, -0.1) is 10.2 Å². The Bertz CT molecular complexity index is 1000. The van der Waals surface area contributed by atoms with Crippen LogP contribution in [0.1, 0.15) is 43.6 Å². The molecule has 29 heavy (non-hydrogen) atoms. The maximum atomic E-state index is 12.9. The Hall–Kier alpha value is -2.60. The number of rotatable bonds is 6. The summed E-state index contributed by atoms with van der Waals surface area (Å²) < 4.78 is 7.33. The van der Waals surface area contributed by atoms with Crippen LogP contribution in [0.15, 0.2) is 53.7 Å². The van der Waals surface area contributed by atoms with E-state index in [1.807, 2.05) is 67.1 Å². The molecule has 5 nitrogen and oxygen atoms in total. The minimum absolute atomic E-state index is 0.0650. The van der Waals surface area contributed by atoms with E-state index in [2.05, 4.69) is 31.0 Å². The molecule has 3 rings (SSSR count). The molecule has 3 aromatic rings. The number of aromatic nitrogens is 3. The third kappa shape index (κ3) is 4.53. The summed E-state index contributed by atoms with van der Waals surface area (Å²) >= 11 is 1.41. The Morgan fingerprint density at radius 2 is 1.72 bits per heavy atom. The zero-order chi connectivity index (χ0) is 21.2. The molecule has 0 fully saturated rings. The summed E-state index contributed by atoms with van der Waals surface area (Å²) in [6, 6.07) is 15.6. The summed E-state index contributed by atoms with van der Waals surface area (Å²) in [4.78, 5) is 12.9. The van der Waals surface area contributed by atoms with Crippen LogP contribution >= 0.6 is 11.8 Å². The number of para-hydroxylation sites is 1. The van der Waals surface area contributed by atoms with Gasteiger partial charge in [-0.1, -0.05) is 68.9 Å². The molecule has 0 saturated heterocycles. The van der Waals surface area contributed by atoms with Crippen LogP contribution in [0.4, 0.5) is 0 Å². The molecule has 2 aromatic carbocycles. The zero-order valence-electron chi connectivity index (χ0n) is 17.8. The Balaban J connectivity index is 1.78. The lowest BCUT2D eigenvalue weighted by molar-refractivity contribution is 0.0994. The van der Waals surface area contributed by atoms with E-state index in [1.165, 1.54) is 17.3 Å². The second-order valence-electron chi connectivity index (χ2n) is 8.02. The van der Waals surface area contributed by atoms with Gasteiger partial charge in [0, 0.05) is 12.6 Å². The number of carbonyl (C=O) groups excluding carboxylic acids is 1. The topological polar surface area (TPSA) is 57.0 Å². The molecule has 0 radical (unpaired) electrons. The number of thioether (sulfide) groups is 1. The van der Waals surface area contributed by atoms with Crippen LogP contribution in [-0.2, 0) is 12.5 Å². The first-order valence-corrected chi connectivity index (χ1v) is 10.4. The lowest BCUT2D eigenvalue weighted by Crippen LogP contribution is -2.16. The Morgan fingerprint density at radius 1 is 1.07 bits per heavy atom. The summed E-state index contributed by atoms with van der Waals surface area (Å²) in [7, 11) is 3.54. The normalized spacial score (nSPS) is 12.6. The standard InChI is InChI=1S/C23H27N3O2S/c1-15(20(27)16-11-13-17(14-12-16)23(2,3)4)29-22-25-24-21(26(22)5)18-9-7-8-10-19(18)28-6/h7-15H,1-6H3/t15-/m1/s1. The highest BCUT2D eigenvalue weighted by Gasteiger charge is 2.22. The molecule has 6 heteroatoms. The van der Waals surface area contributed by atoms with Gasteiger partial charge in [0.2, 0.25) is 0 Å². The molecule has 0 aliphatic carbocycles. The number of methoxy groups -OCH3 is 1. The molecule has 0 unspecified atom stereocenters. The average molecular weight is 410 g/mol. The van der Waals surface area contributed by atoms with Gasteiger partial charge in [0.15, 0.2) is 16.8 Å². The Labute approximate surface area is 176 Å². The van der Waals surface area contributed by atoms with Gasteiger partial charge in [0.25, 0.3) is 0 Å². The quantitative estimate of drug-likeness (QED) is 0.416. The van der Waals surface area contributed by atoms with E-state index >= 15 is 0 Å². The van der Waals surface area contributed by atoms with Gasteiger partial charge in [-0.05, 0) is 30.0 Å². The molecule has 1 heterocycles.